The summed E-state index contributed by atoms with van der Waals surface area (Å²) in [4.78, 5) is 37.5. The van der Waals surface area contributed by atoms with E-state index in [1.807, 2.05) is 0 Å². The average Bonchev–Trinajstić information content (AvgIpc) is 2.92. The summed E-state index contributed by atoms with van der Waals surface area (Å²) in [6, 6.07) is 5.99. The van der Waals surface area contributed by atoms with Crippen molar-refractivity contribution in [1.82, 2.24) is 10.2 Å². The molecule has 1 aromatic rings. The first-order chi connectivity index (χ1) is 14.0. The lowest BCUT2D eigenvalue weighted by atomic mass is 10.2. The smallest absolute Gasteiger partial charge is 0.361 e. The van der Waals surface area contributed by atoms with E-state index >= 15 is 0 Å². The molecule has 10 nitrogen and oxygen atoms in total. The minimum absolute atomic E-state index is 0.000548. The quantitative estimate of drug-likeness (QED) is 0.319. The molecular formula is C18H20N2O8S2. The van der Waals surface area contributed by atoms with Crippen LogP contribution in [0.15, 0.2) is 35.1 Å². The highest BCUT2D eigenvalue weighted by Gasteiger charge is 2.50. The Hall–Kier alpha value is -2.57. The number of carbonyl (C=O) groups is 3. The van der Waals surface area contributed by atoms with Crippen molar-refractivity contribution in [1.29, 1.82) is 0 Å². The maximum absolute atomic E-state index is 12.3. The lowest BCUT2D eigenvalue weighted by molar-refractivity contribution is -0.165. The van der Waals surface area contributed by atoms with E-state index in [1.165, 1.54) is 47.9 Å². The van der Waals surface area contributed by atoms with Crippen molar-refractivity contribution in [3.8, 4) is 5.75 Å². The van der Waals surface area contributed by atoms with Crippen molar-refractivity contribution in [2.75, 3.05) is 18.6 Å². The Morgan fingerprint density at radius 1 is 1.33 bits per heavy atom. The Balaban J connectivity index is 1.69. The summed E-state index contributed by atoms with van der Waals surface area (Å²) < 4.78 is 32.8. The van der Waals surface area contributed by atoms with Gasteiger partial charge in [-0.3, -0.25) is 14.5 Å². The second-order valence-corrected chi connectivity index (χ2v) is 10.1. The van der Waals surface area contributed by atoms with Crippen LogP contribution in [0.4, 0.5) is 0 Å². The number of thioether (sulfide) groups is 1. The molecule has 1 aromatic carbocycles. The van der Waals surface area contributed by atoms with Crippen molar-refractivity contribution in [3.63, 3.8) is 0 Å². The van der Waals surface area contributed by atoms with E-state index < -0.39 is 28.0 Å². The van der Waals surface area contributed by atoms with E-state index in [9.17, 15) is 27.9 Å². The third-order valence-electron chi connectivity index (χ3n) is 4.14. The highest BCUT2D eigenvalue weighted by atomic mass is 32.2. The van der Waals surface area contributed by atoms with Crippen molar-refractivity contribution in [3.05, 3.63) is 40.6 Å². The predicted octanol–water partition coefficient (Wildman–Crippen LogP) is 0.196. The normalized spacial score (nSPS) is 19.1. The largest absolute Gasteiger partial charge is 0.448 e. The molecule has 2 atom stereocenters. The molecule has 30 heavy (non-hydrogen) atoms. The first-order valence-electron chi connectivity index (χ1n) is 8.91. The topological polar surface area (TPSA) is 139 Å². The molecule has 1 fully saturated rings. The monoisotopic (exact) mass is 456 g/mol. The third kappa shape index (κ3) is 5.12. The van der Waals surface area contributed by atoms with E-state index in [0.717, 1.165) is 6.26 Å². The number of benzene rings is 1. The molecule has 2 aliphatic heterocycles. The number of β-lactam (4-membered cyclic amide) rings is 1. The van der Waals surface area contributed by atoms with E-state index in [-0.39, 0.29) is 40.8 Å². The van der Waals surface area contributed by atoms with Crippen LogP contribution in [-0.2, 0) is 24.2 Å². The molecule has 0 aromatic heterocycles. The number of sulfone groups is 1. The molecule has 0 aliphatic carbocycles. The third-order valence-corrected chi connectivity index (χ3v) is 6.23. The molecule has 12 heteroatoms. The lowest BCUT2D eigenvalue weighted by Crippen LogP contribution is -2.48. The molecule has 0 unspecified atom stereocenters. The summed E-state index contributed by atoms with van der Waals surface area (Å²) in [5, 5.41) is 11.7. The molecule has 2 aliphatic rings. The van der Waals surface area contributed by atoms with E-state index in [4.69, 9.17) is 9.47 Å². The van der Waals surface area contributed by atoms with Gasteiger partial charge in [0.15, 0.2) is 17.1 Å². The summed E-state index contributed by atoms with van der Waals surface area (Å²) in [5.74, 6) is -1.39. The number of fused-ring (bicyclic) bond motifs is 1. The van der Waals surface area contributed by atoms with Gasteiger partial charge in [-0.1, -0.05) is 11.8 Å². The van der Waals surface area contributed by atoms with Crippen molar-refractivity contribution in [2.45, 2.75) is 25.0 Å². The Labute approximate surface area is 177 Å². The van der Waals surface area contributed by atoms with E-state index in [2.05, 4.69) is 5.32 Å². The number of hydrogen-bond acceptors (Lipinski definition) is 9. The summed E-state index contributed by atoms with van der Waals surface area (Å²) >= 11 is 1.19. The maximum Gasteiger partial charge on any atom is 0.361 e. The number of carbonyl (C=O) groups excluding carboxylic acids is 3. The van der Waals surface area contributed by atoms with Crippen molar-refractivity contribution in [2.24, 2.45) is 0 Å². The fourth-order valence-electron chi connectivity index (χ4n) is 2.73. The van der Waals surface area contributed by atoms with Gasteiger partial charge in [-0.15, -0.1) is 0 Å². The Morgan fingerprint density at radius 3 is 2.57 bits per heavy atom. The molecule has 1 saturated heterocycles. The second kappa shape index (κ2) is 8.66. The van der Waals surface area contributed by atoms with Crippen LogP contribution in [0.3, 0.4) is 0 Å². The number of nitrogens with zero attached hydrogens (tertiary/aromatic N) is 1. The number of ether oxygens (including phenoxy) is 2. The zero-order valence-corrected chi connectivity index (χ0v) is 17.8. The van der Waals surface area contributed by atoms with Gasteiger partial charge in [-0.2, -0.15) is 0 Å². The number of hydrogen-bond donors (Lipinski definition) is 2. The molecule has 2 N–H and O–H groups in total. The SMILES string of the molecule is C[C@H](O)OC(=O)C1=C(Oc2ccc(C(=O)NCCS(C)(=O)=O)cc2)S[C@@H]2CC(=O)N12. The van der Waals surface area contributed by atoms with Crippen molar-refractivity contribution >= 4 is 39.4 Å². The van der Waals surface area contributed by atoms with Crippen LogP contribution >= 0.6 is 11.8 Å². The first kappa shape index (κ1) is 22.1. The summed E-state index contributed by atoms with van der Waals surface area (Å²) in [5.41, 5.74) is 0.237. The number of amides is 2. The molecule has 2 amide bonds. The standard InChI is InChI=1S/C18H20N2O8S2/c1-10(21)27-17(24)15-18(29-14-9-13(22)20(14)15)28-12-5-3-11(4-6-12)16(23)19-7-8-30(2,25)26/h3-6,10,14,21H,7-9H2,1-2H3,(H,19,23)/t10-,14-/m1/s1. The summed E-state index contributed by atoms with van der Waals surface area (Å²) in [7, 11) is -3.17. The van der Waals surface area contributed by atoms with Crippen molar-refractivity contribution < 1.29 is 37.4 Å². The van der Waals surface area contributed by atoms with Gasteiger partial charge < -0.3 is 19.9 Å². The van der Waals surface area contributed by atoms with Gasteiger partial charge in [-0.25, -0.2) is 13.2 Å². The first-order valence-corrected chi connectivity index (χ1v) is 11.8. The number of nitrogens with one attached hydrogen (secondary N) is 1. The molecule has 162 valence electrons. The second-order valence-electron chi connectivity index (χ2n) is 6.69. The zero-order chi connectivity index (χ0) is 22.1. The predicted molar refractivity (Wildman–Crippen MR) is 107 cm³/mol. The molecule has 0 radical (unpaired) electrons. The van der Waals surface area contributed by atoms with E-state index in [0.29, 0.717) is 11.3 Å². The summed E-state index contributed by atoms with van der Waals surface area (Å²) in [6.07, 6.45) is 0.00482. The molecule has 0 spiro atoms. The number of rotatable bonds is 8. The highest BCUT2D eigenvalue weighted by Crippen LogP contribution is 2.47. The number of aliphatic hydroxyl groups excluding tert-OH is 1. The van der Waals surface area contributed by atoms with Gasteiger partial charge in [0.25, 0.3) is 5.91 Å². The van der Waals surface area contributed by atoms with Crippen LogP contribution in [0.1, 0.15) is 23.7 Å². The molecule has 0 saturated carbocycles. The molecular weight excluding hydrogens is 436 g/mol. The number of esters is 1. The van der Waals surface area contributed by atoms with Crippen LogP contribution in [0.2, 0.25) is 0 Å². The molecule has 0 bridgehead atoms. The highest BCUT2D eigenvalue weighted by molar-refractivity contribution is 8.03. The van der Waals surface area contributed by atoms with Crippen LogP contribution in [0.5, 0.6) is 5.75 Å². The van der Waals surface area contributed by atoms with Gasteiger partial charge >= 0.3 is 5.97 Å². The Kier molecular flexibility index (Phi) is 6.38. The van der Waals surface area contributed by atoms with E-state index in [1.54, 1.807) is 0 Å². The minimum Gasteiger partial charge on any atom is -0.448 e. The minimum atomic E-state index is -3.17. The van der Waals surface area contributed by atoms with Gasteiger partial charge in [-0.05, 0) is 31.2 Å². The average molecular weight is 456 g/mol. The zero-order valence-electron chi connectivity index (χ0n) is 16.2. The molecule has 2 heterocycles. The van der Waals surface area contributed by atoms with Gasteiger partial charge in [0.05, 0.1) is 17.5 Å². The van der Waals surface area contributed by atoms with Crippen LogP contribution in [0.25, 0.3) is 0 Å². The van der Waals surface area contributed by atoms with Gasteiger partial charge in [0.1, 0.15) is 15.6 Å². The van der Waals surface area contributed by atoms with Crippen LogP contribution in [0, 0.1) is 0 Å². The fraction of sp³-hybridized carbons (Fsp3) is 0.389. The maximum atomic E-state index is 12.3. The van der Waals surface area contributed by atoms with Gasteiger partial charge in [0, 0.05) is 18.4 Å². The van der Waals surface area contributed by atoms with Gasteiger partial charge in [0.2, 0.25) is 5.91 Å². The number of aliphatic hydroxyl groups is 1. The Bertz CT molecular complexity index is 1000. The Morgan fingerprint density at radius 2 is 2.00 bits per heavy atom. The fourth-order valence-corrected chi connectivity index (χ4v) is 4.44. The lowest BCUT2D eigenvalue weighted by Gasteiger charge is -2.33. The van der Waals surface area contributed by atoms with Crippen LogP contribution < -0.4 is 10.1 Å². The molecule has 3 rings (SSSR count). The summed E-state index contributed by atoms with van der Waals surface area (Å²) in [6.45, 7) is 1.27. The van der Waals surface area contributed by atoms with Crippen LogP contribution in [-0.4, -0.2) is 66.4 Å².